The summed E-state index contributed by atoms with van der Waals surface area (Å²) in [6.45, 7) is 6.88. The van der Waals surface area contributed by atoms with Gasteiger partial charge in [-0.15, -0.1) is 0 Å². The highest BCUT2D eigenvalue weighted by Gasteiger charge is 2.26. The predicted octanol–water partition coefficient (Wildman–Crippen LogP) is 5.19. The summed E-state index contributed by atoms with van der Waals surface area (Å²) >= 11 is 5.92. The van der Waals surface area contributed by atoms with Crippen molar-refractivity contribution < 1.29 is 0 Å². The quantitative estimate of drug-likeness (QED) is 0.587. The van der Waals surface area contributed by atoms with E-state index in [9.17, 15) is 0 Å². The van der Waals surface area contributed by atoms with Crippen molar-refractivity contribution in [3.63, 3.8) is 0 Å². The Morgan fingerprint density at radius 3 is 2.38 bits per heavy atom. The zero-order valence-electron chi connectivity index (χ0n) is 10.3. The Kier molecular flexibility index (Phi) is 3.12. The van der Waals surface area contributed by atoms with E-state index in [2.05, 4.69) is 39.0 Å². The number of allylic oxidation sites excluding steroid dienone is 2. The maximum absolute atomic E-state index is 5.92. The van der Waals surface area contributed by atoms with Crippen LogP contribution in [0, 0.1) is 5.41 Å². The Morgan fingerprint density at radius 2 is 1.81 bits per heavy atom. The molecule has 1 aromatic rings. The van der Waals surface area contributed by atoms with E-state index in [0.29, 0.717) is 11.3 Å². The van der Waals surface area contributed by atoms with E-state index >= 15 is 0 Å². The van der Waals surface area contributed by atoms with Crippen LogP contribution in [0.2, 0.25) is 5.02 Å². The summed E-state index contributed by atoms with van der Waals surface area (Å²) < 4.78 is 0. The van der Waals surface area contributed by atoms with Gasteiger partial charge in [0.15, 0.2) is 0 Å². The fourth-order valence-electron chi connectivity index (χ4n) is 2.66. The predicted molar refractivity (Wildman–Crippen MR) is 71.0 cm³/mol. The third-order valence-corrected chi connectivity index (χ3v) is 3.77. The lowest BCUT2D eigenvalue weighted by Crippen LogP contribution is -2.17. The second-order valence-electron chi connectivity index (χ2n) is 5.52. The van der Waals surface area contributed by atoms with Crippen molar-refractivity contribution >= 4 is 11.6 Å². The number of hydrogen-bond acceptors (Lipinski definition) is 0. The first kappa shape index (κ1) is 11.7. The maximum Gasteiger partial charge on any atom is 0.0406 e. The van der Waals surface area contributed by atoms with Crippen LogP contribution < -0.4 is 0 Å². The Bertz CT molecular complexity index is 398. The SMILES string of the molecule is CC1=CC(C)(C)CCC1c1ccc(Cl)cc1. The van der Waals surface area contributed by atoms with Crippen LogP contribution >= 0.6 is 11.6 Å². The molecule has 2 rings (SSSR count). The van der Waals surface area contributed by atoms with Gasteiger partial charge in [0.05, 0.1) is 0 Å². The van der Waals surface area contributed by atoms with Crippen LogP contribution in [0.15, 0.2) is 35.9 Å². The first-order valence-electron chi connectivity index (χ1n) is 5.93. The van der Waals surface area contributed by atoms with Crippen molar-refractivity contribution in [3.8, 4) is 0 Å². The highest BCUT2D eigenvalue weighted by molar-refractivity contribution is 6.30. The van der Waals surface area contributed by atoms with E-state index in [1.54, 1.807) is 0 Å². The first-order chi connectivity index (χ1) is 7.48. The molecule has 1 aliphatic rings. The van der Waals surface area contributed by atoms with E-state index in [0.717, 1.165) is 5.02 Å². The molecular weight excluding hydrogens is 216 g/mol. The van der Waals surface area contributed by atoms with Gasteiger partial charge in [-0.05, 0) is 42.9 Å². The molecule has 0 bridgehead atoms. The van der Waals surface area contributed by atoms with Crippen molar-refractivity contribution in [1.29, 1.82) is 0 Å². The van der Waals surface area contributed by atoms with E-state index < -0.39 is 0 Å². The molecule has 0 aliphatic heterocycles. The summed E-state index contributed by atoms with van der Waals surface area (Å²) in [5.74, 6) is 0.588. The van der Waals surface area contributed by atoms with Gasteiger partial charge in [-0.25, -0.2) is 0 Å². The number of halogens is 1. The molecule has 0 saturated heterocycles. The highest BCUT2D eigenvalue weighted by Crippen LogP contribution is 2.41. The van der Waals surface area contributed by atoms with Crippen LogP contribution in [-0.4, -0.2) is 0 Å². The molecule has 1 heteroatoms. The van der Waals surface area contributed by atoms with Gasteiger partial charge >= 0.3 is 0 Å². The monoisotopic (exact) mass is 234 g/mol. The zero-order valence-corrected chi connectivity index (χ0v) is 11.0. The molecular formula is C15H19Cl. The van der Waals surface area contributed by atoms with Crippen LogP contribution in [-0.2, 0) is 0 Å². The molecule has 0 aromatic heterocycles. The molecule has 1 aromatic carbocycles. The topological polar surface area (TPSA) is 0 Å². The fraction of sp³-hybridized carbons (Fsp3) is 0.467. The number of rotatable bonds is 1. The molecule has 0 nitrogen and oxygen atoms in total. The Labute approximate surface area is 103 Å². The largest absolute Gasteiger partial charge is 0.0843 e. The van der Waals surface area contributed by atoms with Gasteiger partial charge in [-0.2, -0.15) is 0 Å². The third-order valence-electron chi connectivity index (χ3n) is 3.52. The average molecular weight is 235 g/mol. The maximum atomic E-state index is 5.92. The standard InChI is InChI=1S/C15H19Cl/c1-11-10-15(2,3)9-8-14(11)12-4-6-13(16)7-5-12/h4-7,10,14H,8-9H2,1-3H3. The minimum atomic E-state index is 0.368. The van der Waals surface area contributed by atoms with Crippen molar-refractivity contribution in [2.45, 2.75) is 39.5 Å². The fourth-order valence-corrected chi connectivity index (χ4v) is 2.78. The first-order valence-corrected chi connectivity index (χ1v) is 6.30. The van der Waals surface area contributed by atoms with Gasteiger partial charge in [-0.3, -0.25) is 0 Å². The van der Waals surface area contributed by atoms with E-state index in [1.165, 1.54) is 24.0 Å². The molecule has 0 amide bonds. The Morgan fingerprint density at radius 1 is 1.19 bits per heavy atom. The smallest absolute Gasteiger partial charge is 0.0406 e. The molecule has 0 N–H and O–H groups in total. The van der Waals surface area contributed by atoms with Gasteiger partial charge in [0.25, 0.3) is 0 Å². The molecule has 0 fully saturated rings. The van der Waals surface area contributed by atoms with Gasteiger partial charge < -0.3 is 0 Å². The lowest BCUT2D eigenvalue weighted by molar-refractivity contribution is 0.379. The summed E-state index contributed by atoms with van der Waals surface area (Å²) in [6.07, 6.45) is 4.93. The van der Waals surface area contributed by atoms with Crippen LogP contribution in [0.5, 0.6) is 0 Å². The van der Waals surface area contributed by atoms with E-state index in [1.807, 2.05) is 12.1 Å². The number of hydrogen-bond donors (Lipinski definition) is 0. The van der Waals surface area contributed by atoms with Gasteiger partial charge in [-0.1, -0.05) is 49.2 Å². The minimum absolute atomic E-state index is 0.368. The summed E-state index contributed by atoms with van der Waals surface area (Å²) in [5.41, 5.74) is 3.26. The molecule has 1 aliphatic carbocycles. The lowest BCUT2D eigenvalue weighted by Gasteiger charge is -2.32. The normalized spacial score (nSPS) is 24.0. The van der Waals surface area contributed by atoms with Crippen molar-refractivity contribution in [2.75, 3.05) is 0 Å². The van der Waals surface area contributed by atoms with Crippen LogP contribution in [0.25, 0.3) is 0 Å². The van der Waals surface area contributed by atoms with Crippen LogP contribution in [0.3, 0.4) is 0 Å². The molecule has 0 saturated carbocycles. The van der Waals surface area contributed by atoms with E-state index in [-0.39, 0.29) is 0 Å². The summed E-state index contributed by atoms with van der Waals surface area (Å²) in [5, 5.41) is 0.821. The number of benzene rings is 1. The van der Waals surface area contributed by atoms with Gasteiger partial charge in [0, 0.05) is 10.9 Å². The van der Waals surface area contributed by atoms with Crippen molar-refractivity contribution in [3.05, 3.63) is 46.5 Å². The lowest BCUT2D eigenvalue weighted by atomic mass is 9.73. The van der Waals surface area contributed by atoms with Crippen molar-refractivity contribution in [1.82, 2.24) is 0 Å². The molecule has 0 heterocycles. The second-order valence-corrected chi connectivity index (χ2v) is 5.96. The third kappa shape index (κ3) is 2.49. The average Bonchev–Trinajstić information content (AvgIpc) is 2.19. The van der Waals surface area contributed by atoms with Crippen LogP contribution in [0.4, 0.5) is 0 Å². The second kappa shape index (κ2) is 4.25. The molecule has 1 unspecified atom stereocenters. The molecule has 16 heavy (non-hydrogen) atoms. The Balaban J connectivity index is 2.27. The van der Waals surface area contributed by atoms with Crippen molar-refractivity contribution in [2.24, 2.45) is 5.41 Å². The zero-order chi connectivity index (χ0) is 11.8. The van der Waals surface area contributed by atoms with Gasteiger partial charge in [0.1, 0.15) is 0 Å². The van der Waals surface area contributed by atoms with Crippen LogP contribution in [0.1, 0.15) is 45.1 Å². The van der Waals surface area contributed by atoms with Gasteiger partial charge in [0.2, 0.25) is 0 Å². The highest BCUT2D eigenvalue weighted by atomic mass is 35.5. The van der Waals surface area contributed by atoms with E-state index in [4.69, 9.17) is 11.6 Å². The summed E-state index contributed by atoms with van der Waals surface area (Å²) in [7, 11) is 0. The summed E-state index contributed by atoms with van der Waals surface area (Å²) in [6, 6.07) is 8.29. The molecule has 86 valence electrons. The molecule has 1 atom stereocenters. The molecule has 0 spiro atoms. The Hall–Kier alpha value is -0.750. The molecule has 0 radical (unpaired) electrons. The summed E-state index contributed by atoms with van der Waals surface area (Å²) in [4.78, 5) is 0. The minimum Gasteiger partial charge on any atom is -0.0843 e.